The topological polar surface area (TPSA) is 58.2 Å². The summed E-state index contributed by atoms with van der Waals surface area (Å²) >= 11 is 5.79. The predicted molar refractivity (Wildman–Crippen MR) is 92.1 cm³/mol. The van der Waals surface area contributed by atoms with Gasteiger partial charge in [0.05, 0.1) is 0 Å². The minimum atomic E-state index is -1.53. The molecule has 132 valence electrons. The van der Waals surface area contributed by atoms with E-state index in [1.807, 2.05) is 0 Å². The average Bonchev–Trinajstić information content (AvgIpc) is 2.57. The summed E-state index contributed by atoms with van der Waals surface area (Å²) in [5, 5.41) is 5.33. The normalized spacial score (nSPS) is 11.1. The van der Waals surface area contributed by atoms with Crippen molar-refractivity contribution in [3.05, 3.63) is 64.7 Å². The van der Waals surface area contributed by atoms with Crippen molar-refractivity contribution in [2.24, 2.45) is 5.41 Å². The van der Waals surface area contributed by atoms with E-state index in [0.29, 0.717) is 5.02 Å². The van der Waals surface area contributed by atoms with Crippen LogP contribution in [0.5, 0.6) is 0 Å². The summed E-state index contributed by atoms with van der Waals surface area (Å²) in [4.78, 5) is 24.6. The minimum absolute atomic E-state index is 0.195. The highest BCUT2D eigenvalue weighted by Gasteiger charge is 2.36. The van der Waals surface area contributed by atoms with Crippen LogP contribution in [0.2, 0.25) is 5.02 Å². The monoisotopic (exact) mass is 366 g/mol. The summed E-state index contributed by atoms with van der Waals surface area (Å²) in [6, 6.07) is 10.1. The number of rotatable bonds is 5. The molecule has 0 aliphatic rings. The molecule has 2 rings (SSSR count). The Bertz CT molecular complexity index is 772. The zero-order valence-corrected chi connectivity index (χ0v) is 14.5. The minimum Gasteiger partial charge on any atom is -0.351 e. The number of anilines is 1. The summed E-state index contributed by atoms with van der Waals surface area (Å²) in [5.74, 6) is -3.21. The van der Waals surface area contributed by atoms with Gasteiger partial charge in [-0.25, -0.2) is 8.78 Å². The Kier molecular flexibility index (Phi) is 5.74. The first-order valence-corrected chi connectivity index (χ1v) is 7.88. The fourth-order valence-corrected chi connectivity index (χ4v) is 2.12. The number of nitrogens with one attached hydrogen (secondary N) is 2. The molecule has 2 amide bonds. The molecule has 0 saturated heterocycles. The molecule has 0 atom stereocenters. The Morgan fingerprint density at radius 3 is 2.12 bits per heavy atom. The fraction of sp³-hybridized carbons (Fsp3) is 0.222. The van der Waals surface area contributed by atoms with E-state index in [4.69, 9.17) is 11.6 Å². The summed E-state index contributed by atoms with van der Waals surface area (Å²) in [6.45, 7) is 2.94. The van der Waals surface area contributed by atoms with Crippen LogP contribution in [0.25, 0.3) is 0 Å². The van der Waals surface area contributed by atoms with E-state index in [1.165, 1.54) is 19.9 Å². The first-order chi connectivity index (χ1) is 11.7. The zero-order valence-electron chi connectivity index (χ0n) is 13.7. The summed E-state index contributed by atoms with van der Waals surface area (Å²) < 4.78 is 27.3. The van der Waals surface area contributed by atoms with Crippen LogP contribution in [0.4, 0.5) is 14.5 Å². The number of carbonyl (C=O) groups is 2. The second-order valence-electron chi connectivity index (χ2n) is 5.98. The molecule has 0 bridgehead atoms. The number of carbonyl (C=O) groups excluding carboxylic acids is 2. The molecule has 0 aliphatic carbocycles. The molecule has 2 aromatic carbocycles. The van der Waals surface area contributed by atoms with Gasteiger partial charge in [0.2, 0.25) is 11.8 Å². The van der Waals surface area contributed by atoms with E-state index in [-0.39, 0.29) is 6.54 Å². The van der Waals surface area contributed by atoms with Crippen molar-refractivity contribution in [3.8, 4) is 0 Å². The van der Waals surface area contributed by atoms with Crippen molar-refractivity contribution < 1.29 is 18.4 Å². The van der Waals surface area contributed by atoms with E-state index in [2.05, 4.69) is 10.6 Å². The molecule has 0 spiro atoms. The molecule has 0 heterocycles. The zero-order chi connectivity index (χ0) is 18.6. The van der Waals surface area contributed by atoms with E-state index in [1.54, 1.807) is 24.3 Å². The molecular weight excluding hydrogens is 350 g/mol. The third-order valence-corrected chi connectivity index (χ3v) is 3.95. The Labute approximate surface area is 149 Å². The van der Waals surface area contributed by atoms with Crippen molar-refractivity contribution in [1.29, 1.82) is 0 Å². The van der Waals surface area contributed by atoms with E-state index < -0.39 is 34.6 Å². The third-order valence-electron chi connectivity index (χ3n) is 3.70. The molecule has 2 aromatic rings. The van der Waals surface area contributed by atoms with Crippen molar-refractivity contribution in [3.63, 3.8) is 0 Å². The quantitative estimate of drug-likeness (QED) is 0.788. The Morgan fingerprint density at radius 1 is 1.00 bits per heavy atom. The lowest BCUT2D eigenvalue weighted by atomic mass is 9.90. The highest BCUT2D eigenvalue weighted by Crippen LogP contribution is 2.23. The van der Waals surface area contributed by atoms with Gasteiger partial charge in [-0.05, 0) is 43.7 Å². The highest BCUT2D eigenvalue weighted by atomic mass is 35.5. The van der Waals surface area contributed by atoms with Crippen LogP contribution in [0.1, 0.15) is 19.4 Å². The number of para-hydroxylation sites is 1. The Hall–Kier alpha value is -2.47. The van der Waals surface area contributed by atoms with Gasteiger partial charge < -0.3 is 10.6 Å². The van der Waals surface area contributed by atoms with Crippen LogP contribution < -0.4 is 10.6 Å². The second-order valence-corrected chi connectivity index (χ2v) is 6.42. The van der Waals surface area contributed by atoms with Crippen molar-refractivity contribution in [2.75, 3.05) is 5.32 Å². The number of halogens is 3. The highest BCUT2D eigenvalue weighted by molar-refractivity contribution is 6.30. The van der Waals surface area contributed by atoms with Gasteiger partial charge in [-0.1, -0.05) is 29.8 Å². The summed E-state index contributed by atoms with van der Waals surface area (Å²) in [7, 11) is 0. The van der Waals surface area contributed by atoms with Crippen LogP contribution in [-0.2, 0) is 16.1 Å². The first kappa shape index (κ1) is 18.9. The Morgan fingerprint density at radius 2 is 1.56 bits per heavy atom. The van der Waals surface area contributed by atoms with E-state index in [9.17, 15) is 18.4 Å². The molecule has 0 fully saturated rings. The second kappa shape index (κ2) is 7.61. The maximum atomic E-state index is 13.6. The van der Waals surface area contributed by atoms with Crippen LogP contribution in [0.3, 0.4) is 0 Å². The maximum Gasteiger partial charge on any atom is 0.239 e. The van der Waals surface area contributed by atoms with Gasteiger partial charge in [-0.2, -0.15) is 0 Å². The third kappa shape index (κ3) is 4.54. The SMILES string of the molecule is CC(C)(C(=O)NCc1ccc(Cl)cc1)C(=O)Nc1c(F)cccc1F. The first-order valence-electron chi connectivity index (χ1n) is 7.50. The average molecular weight is 367 g/mol. The molecule has 0 aliphatic heterocycles. The van der Waals surface area contributed by atoms with E-state index >= 15 is 0 Å². The molecule has 0 saturated carbocycles. The fourth-order valence-electron chi connectivity index (χ4n) is 2.00. The maximum absolute atomic E-state index is 13.6. The van der Waals surface area contributed by atoms with Gasteiger partial charge in [-0.15, -0.1) is 0 Å². The van der Waals surface area contributed by atoms with Crippen molar-refractivity contribution in [1.82, 2.24) is 5.32 Å². The summed E-state index contributed by atoms with van der Waals surface area (Å²) in [6.07, 6.45) is 0. The largest absolute Gasteiger partial charge is 0.351 e. The molecule has 0 unspecified atom stereocenters. The number of hydrogen-bond donors (Lipinski definition) is 2. The van der Waals surface area contributed by atoms with Crippen molar-refractivity contribution >= 4 is 29.1 Å². The summed E-state index contributed by atoms with van der Waals surface area (Å²) in [5.41, 5.74) is -1.30. The van der Waals surface area contributed by atoms with Gasteiger partial charge in [0.1, 0.15) is 22.7 Å². The molecule has 7 heteroatoms. The van der Waals surface area contributed by atoms with Gasteiger partial charge >= 0.3 is 0 Å². The number of amides is 2. The predicted octanol–water partition coefficient (Wildman–Crippen LogP) is 3.90. The lowest BCUT2D eigenvalue weighted by molar-refractivity contribution is -0.138. The standard InChI is InChI=1S/C18H17ClF2N2O2/c1-18(2,16(24)22-10-11-6-8-12(19)9-7-11)17(25)23-15-13(20)4-3-5-14(15)21/h3-9H,10H2,1-2H3,(H,22,24)(H,23,25). The number of benzene rings is 2. The molecular formula is C18H17ClF2N2O2. The van der Waals surface area contributed by atoms with Gasteiger partial charge in [-0.3, -0.25) is 9.59 Å². The lowest BCUT2D eigenvalue weighted by Gasteiger charge is -2.23. The smallest absolute Gasteiger partial charge is 0.239 e. The van der Waals surface area contributed by atoms with Gasteiger partial charge in [0.15, 0.2) is 0 Å². The van der Waals surface area contributed by atoms with Crippen LogP contribution in [0.15, 0.2) is 42.5 Å². The molecule has 4 nitrogen and oxygen atoms in total. The van der Waals surface area contributed by atoms with Crippen molar-refractivity contribution in [2.45, 2.75) is 20.4 Å². The lowest BCUT2D eigenvalue weighted by Crippen LogP contribution is -2.45. The number of hydrogen-bond acceptors (Lipinski definition) is 2. The molecule has 25 heavy (non-hydrogen) atoms. The Balaban J connectivity index is 2.04. The van der Waals surface area contributed by atoms with Gasteiger partial charge in [0, 0.05) is 11.6 Å². The molecule has 0 radical (unpaired) electrons. The van der Waals surface area contributed by atoms with Crippen LogP contribution in [0, 0.1) is 17.0 Å². The van der Waals surface area contributed by atoms with Crippen LogP contribution >= 0.6 is 11.6 Å². The van der Waals surface area contributed by atoms with Crippen LogP contribution in [-0.4, -0.2) is 11.8 Å². The van der Waals surface area contributed by atoms with Gasteiger partial charge in [0.25, 0.3) is 0 Å². The molecule has 0 aromatic heterocycles. The molecule has 2 N–H and O–H groups in total. The van der Waals surface area contributed by atoms with E-state index in [0.717, 1.165) is 17.7 Å².